The predicted octanol–water partition coefficient (Wildman–Crippen LogP) is 4.62. The van der Waals surface area contributed by atoms with Crippen molar-refractivity contribution in [3.05, 3.63) is 70.8 Å². The summed E-state index contributed by atoms with van der Waals surface area (Å²) in [4.78, 5) is 59.8. The molecule has 2 aromatic rings. The number of likely N-dealkylation sites (tertiary alicyclic amines) is 1. The monoisotopic (exact) mass is 697 g/mol. The Labute approximate surface area is 278 Å². The number of hydrogen-bond acceptors (Lipinski definition) is 6. The van der Waals surface area contributed by atoms with Gasteiger partial charge >= 0.3 is 18.4 Å². The molecule has 3 heterocycles. The van der Waals surface area contributed by atoms with Crippen LogP contribution in [0.25, 0.3) is 0 Å². The summed E-state index contributed by atoms with van der Waals surface area (Å²) in [6.07, 6.45) is -11.1. The first-order chi connectivity index (χ1) is 23.2. The molecule has 1 N–H and O–H groups in total. The molecule has 49 heavy (non-hydrogen) atoms. The number of halogens is 6. The number of alkyl halides is 6. The molecule has 10 nitrogen and oxygen atoms in total. The molecule has 16 heteroatoms. The van der Waals surface area contributed by atoms with Gasteiger partial charge in [-0.2, -0.15) is 26.3 Å². The Hall–Kier alpha value is -4.34. The first-order valence-electron chi connectivity index (χ1n) is 16.0. The van der Waals surface area contributed by atoms with Gasteiger partial charge in [-0.25, -0.2) is 4.79 Å². The maximum Gasteiger partial charge on any atom is 0.416 e. The van der Waals surface area contributed by atoms with Crippen LogP contribution < -0.4 is 5.32 Å². The average molecular weight is 698 g/mol. The SMILES string of the molecule is CCN1CCCC1CNC(=O)C[C@H]1C(=O)N(Cc2ccccc2)C[C@@H]2N(C(=O)OCc3cc(C(F)(F)F)cc(C(F)(F)F)c3)CCC(=O)N21. The van der Waals surface area contributed by atoms with Crippen molar-refractivity contribution in [2.24, 2.45) is 0 Å². The minimum Gasteiger partial charge on any atom is -0.444 e. The summed E-state index contributed by atoms with van der Waals surface area (Å²) in [6.45, 7) is 2.96. The highest BCUT2D eigenvalue weighted by molar-refractivity contribution is 5.94. The fourth-order valence-corrected chi connectivity index (χ4v) is 6.69. The third-order valence-electron chi connectivity index (χ3n) is 9.13. The number of ether oxygens (including phenoxy) is 1. The number of fused-ring (bicyclic) bond motifs is 1. The van der Waals surface area contributed by atoms with E-state index in [1.165, 1.54) is 9.80 Å². The molecule has 3 aliphatic heterocycles. The lowest BCUT2D eigenvalue weighted by molar-refractivity contribution is -0.169. The predicted molar refractivity (Wildman–Crippen MR) is 162 cm³/mol. The quantitative estimate of drug-likeness (QED) is 0.384. The van der Waals surface area contributed by atoms with E-state index in [1.54, 1.807) is 30.3 Å². The Morgan fingerprint density at radius 3 is 2.24 bits per heavy atom. The van der Waals surface area contributed by atoms with Crippen LogP contribution in [0, 0.1) is 0 Å². The van der Waals surface area contributed by atoms with E-state index < -0.39 is 71.7 Å². The maximum absolute atomic E-state index is 13.9. The zero-order valence-corrected chi connectivity index (χ0v) is 26.7. The first-order valence-corrected chi connectivity index (χ1v) is 16.0. The molecule has 0 aromatic heterocycles. The number of benzene rings is 2. The van der Waals surface area contributed by atoms with Gasteiger partial charge in [0.1, 0.15) is 18.8 Å². The highest BCUT2D eigenvalue weighted by Gasteiger charge is 2.50. The van der Waals surface area contributed by atoms with Gasteiger partial charge in [0.05, 0.1) is 24.1 Å². The fourth-order valence-electron chi connectivity index (χ4n) is 6.69. The summed E-state index contributed by atoms with van der Waals surface area (Å²) in [5.74, 6) is -1.45. The molecule has 0 spiro atoms. The lowest BCUT2D eigenvalue weighted by Crippen LogP contribution is -2.71. The van der Waals surface area contributed by atoms with Crippen molar-refractivity contribution in [1.29, 1.82) is 0 Å². The number of rotatable bonds is 9. The molecule has 3 saturated heterocycles. The molecule has 0 radical (unpaired) electrons. The van der Waals surface area contributed by atoms with Gasteiger partial charge in [0.2, 0.25) is 17.7 Å². The van der Waals surface area contributed by atoms with Crippen molar-refractivity contribution in [2.45, 2.75) is 76.4 Å². The van der Waals surface area contributed by atoms with E-state index in [1.807, 2.05) is 6.92 Å². The summed E-state index contributed by atoms with van der Waals surface area (Å²) in [5.41, 5.74) is -2.90. The molecule has 0 saturated carbocycles. The number of nitrogens with zero attached hydrogens (tertiary/aromatic N) is 4. The second-order valence-electron chi connectivity index (χ2n) is 12.3. The van der Waals surface area contributed by atoms with Crippen molar-refractivity contribution >= 4 is 23.8 Å². The van der Waals surface area contributed by atoms with Crippen molar-refractivity contribution in [3.63, 3.8) is 0 Å². The Morgan fingerprint density at radius 2 is 1.61 bits per heavy atom. The number of likely N-dealkylation sites (N-methyl/N-ethyl adjacent to an activating group) is 1. The van der Waals surface area contributed by atoms with E-state index in [-0.39, 0.29) is 44.6 Å². The number of carbonyl (C=O) groups is 4. The molecule has 3 fully saturated rings. The van der Waals surface area contributed by atoms with Gasteiger partial charge in [0.15, 0.2) is 0 Å². The summed E-state index contributed by atoms with van der Waals surface area (Å²) < 4.78 is 85.5. The maximum atomic E-state index is 13.9. The normalized spacial score (nSPS) is 21.9. The smallest absolute Gasteiger partial charge is 0.416 e. The number of piperazine rings is 1. The zero-order chi connectivity index (χ0) is 35.5. The van der Waals surface area contributed by atoms with E-state index in [4.69, 9.17) is 4.74 Å². The van der Waals surface area contributed by atoms with Crippen LogP contribution in [0.3, 0.4) is 0 Å². The van der Waals surface area contributed by atoms with Gasteiger partial charge in [-0.3, -0.25) is 24.2 Å². The molecule has 2 aromatic carbocycles. The van der Waals surface area contributed by atoms with Gasteiger partial charge in [-0.05, 0) is 55.3 Å². The van der Waals surface area contributed by atoms with Crippen LogP contribution in [-0.2, 0) is 44.6 Å². The second kappa shape index (κ2) is 14.6. The van der Waals surface area contributed by atoms with Crippen LogP contribution in [0.15, 0.2) is 48.5 Å². The lowest BCUT2D eigenvalue weighted by Gasteiger charge is -2.51. The molecular formula is C33H37F6N5O5. The summed E-state index contributed by atoms with van der Waals surface area (Å²) >= 11 is 0. The largest absolute Gasteiger partial charge is 0.444 e. The van der Waals surface area contributed by atoms with E-state index in [0.717, 1.165) is 36.4 Å². The third kappa shape index (κ3) is 8.46. The van der Waals surface area contributed by atoms with E-state index in [0.29, 0.717) is 18.7 Å². The molecule has 0 bridgehead atoms. The van der Waals surface area contributed by atoms with Crippen molar-refractivity contribution in [2.75, 3.05) is 32.7 Å². The number of hydrogen-bond donors (Lipinski definition) is 1. The van der Waals surface area contributed by atoms with E-state index in [9.17, 15) is 45.5 Å². The van der Waals surface area contributed by atoms with Crippen LogP contribution in [0.2, 0.25) is 0 Å². The molecule has 3 atom stereocenters. The number of carbonyl (C=O) groups excluding carboxylic acids is 4. The minimum atomic E-state index is -5.08. The Balaban J connectivity index is 1.36. The fraction of sp³-hybridized carbons (Fsp3) is 0.515. The Morgan fingerprint density at radius 1 is 0.939 bits per heavy atom. The van der Waals surface area contributed by atoms with Crippen LogP contribution in [-0.4, -0.2) is 94.4 Å². The molecule has 266 valence electrons. The molecule has 3 aliphatic rings. The van der Waals surface area contributed by atoms with Gasteiger partial charge in [-0.1, -0.05) is 37.3 Å². The lowest BCUT2D eigenvalue weighted by atomic mass is 10.00. The van der Waals surface area contributed by atoms with E-state index >= 15 is 0 Å². The second-order valence-corrected chi connectivity index (χ2v) is 12.3. The summed E-state index contributed by atoms with van der Waals surface area (Å²) in [5, 5.41) is 2.88. The van der Waals surface area contributed by atoms with Crippen LogP contribution in [0.4, 0.5) is 31.1 Å². The highest BCUT2D eigenvalue weighted by Crippen LogP contribution is 2.37. The third-order valence-corrected chi connectivity index (χ3v) is 9.13. The van der Waals surface area contributed by atoms with Gasteiger partial charge in [0.25, 0.3) is 0 Å². The Kier molecular flexibility index (Phi) is 10.7. The number of amides is 4. The molecule has 1 unspecified atom stereocenters. The average Bonchev–Trinajstić information content (AvgIpc) is 3.52. The van der Waals surface area contributed by atoms with Gasteiger partial charge < -0.3 is 19.9 Å². The highest BCUT2D eigenvalue weighted by atomic mass is 19.4. The van der Waals surface area contributed by atoms with Gasteiger partial charge in [0, 0.05) is 32.1 Å². The van der Waals surface area contributed by atoms with Gasteiger partial charge in [-0.15, -0.1) is 0 Å². The zero-order valence-electron chi connectivity index (χ0n) is 26.7. The van der Waals surface area contributed by atoms with Crippen LogP contribution in [0.1, 0.15) is 54.9 Å². The molecular weight excluding hydrogens is 660 g/mol. The minimum absolute atomic E-state index is 0.0241. The summed E-state index contributed by atoms with van der Waals surface area (Å²) in [6, 6.07) is 8.69. The topological polar surface area (TPSA) is 103 Å². The van der Waals surface area contributed by atoms with Crippen LogP contribution in [0.5, 0.6) is 0 Å². The van der Waals surface area contributed by atoms with Crippen LogP contribution >= 0.6 is 0 Å². The van der Waals surface area contributed by atoms with E-state index in [2.05, 4.69) is 10.2 Å². The Bertz CT molecular complexity index is 1510. The number of nitrogens with one attached hydrogen (secondary N) is 1. The van der Waals surface area contributed by atoms with Crippen molar-refractivity contribution in [3.8, 4) is 0 Å². The molecule has 5 rings (SSSR count). The standard InChI is InChI=1S/C33H37F6N5O5/c1-2-41-11-6-9-25(41)17-40-27(45)16-26-30(47)42(18-21-7-4-3-5-8-21)19-28-43(12-10-29(46)44(26)28)31(48)49-20-22-13-23(32(34,35)36)15-24(14-22)33(37,38)39/h3-5,7-8,13-15,25-26,28H,2,6,9-12,16-20H2,1H3,(H,40,45)/t25?,26-,28+/m0/s1. The van der Waals surface area contributed by atoms with Crippen molar-refractivity contribution in [1.82, 2.24) is 24.9 Å². The summed E-state index contributed by atoms with van der Waals surface area (Å²) in [7, 11) is 0. The van der Waals surface area contributed by atoms with Crippen molar-refractivity contribution < 1.29 is 50.3 Å². The molecule has 4 amide bonds. The first kappa shape index (κ1) is 36.0. The molecule has 0 aliphatic carbocycles.